The summed E-state index contributed by atoms with van der Waals surface area (Å²) in [4.78, 5) is 14.8. The zero-order valence-corrected chi connectivity index (χ0v) is 18.6. The number of para-hydroxylation sites is 2. The molecule has 0 aliphatic carbocycles. The predicted molar refractivity (Wildman–Crippen MR) is 124 cm³/mol. The molecule has 1 amide bonds. The molecular formula is C25H24N2O4S. The van der Waals surface area contributed by atoms with Gasteiger partial charge in [0.2, 0.25) is 0 Å². The molecule has 0 saturated heterocycles. The first kappa shape index (κ1) is 20.6. The van der Waals surface area contributed by atoms with Crippen LogP contribution in [-0.2, 0) is 27.7 Å². The van der Waals surface area contributed by atoms with Crippen LogP contribution in [0.5, 0.6) is 5.75 Å². The molecule has 0 N–H and O–H groups in total. The van der Waals surface area contributed by atoms with Gasteiger partial charge in [-0.3, -0.25) is 9.10 Å². The first-order chi connectivity index (χ1) is 15.4. The van der Waals surface area contributed by atoms with Crippen molar-refractivity contribution in [2.75, 3.05) is 22.4 Å². The van der Waals surface area contributed by atoms with Gasteiger partial charge in [0.25, 0.3) is 15.9 Å². The van der Waals surface area contributed by atoms with Crippen molar-refractivity contribution in [2.45, 2.75) is 30.7 Å². The van der Waals surface area contributed by atoms with Crippen molar-refractivity contribution in [3.63, 3.8) is 0 Å². The summed E-state index contributed by atoms with van der Waals surface area (Å²) >= 11 is 0. The van der Waals surface area contributed by atoms with Crippen LogP contribution in [0.2, 0.25) is 0 Å². The van der Waals surface area contributed by atoms with Crippen LogP contribution in [0.25, 0.3) is 0 Å². The van der Waals surface area contributed by atoms with Gasteiger partial charge in [-0.1, -0.05) is 36.4 Å². The average molecular weight is 449 g/mol. The van der Waals surface area contributed by atoms with Gasteiger partial charge in [-0.2, -0.15) is 0 Å². The number of hydrogen-bond acceptors (Lipinski definition) is 4. The van der Waals surface area contributed by atoms with Crippen LogP contribution >= 0.6 is 0 Å². The van der Waals surface area contributed by atoms with Gasteiger partial charge in [0.15, 0.2) is 6.61 Å². The van der Waals surface area contributed by atoms with Crippen LogP contribution in [0.15, 0.2) is 77.7 Å². The molecule has 3 aromatic carbocycles. The largest absolute Gasteiger partial charge is 0.484 e. The summed E-state index contributed by atoms with van der Waals surface area (Å²) < 4.78 is 33.4. The lowest BCUT2D eigenvalue weighted by Gasteiger charge is -2.23. The molecule has 0 saturated carbocycles. The maximum absolute atomic E-state index is 13.1. The lowest BCUT2D eigenvalue weighted by Crippen LogP contribution is -2.39. The minimum absolute atomic E-state index is 0.0827. The number of carbonyl (C=O) groups is 1. The number of anilines is 2. The summed E-state index contributed by atoms with van der Waals surface area (Å²) in [6.45, 7) is 2.35. The molecule has 0 fully saturated rings. The molecular weight excluding hydrogens is 424 g/mol. The van der Waals surface area contributed by atoms with E-state index in [1.54, 1.807) is 17.0 Å². The van der Waals surface area contributed by atoms with E-state index in [1.807, 2.05) is 55.5 Å². The highest BCUT2D eigenvalue weighted by molar-refractivity contribution is 7.92. The topological polar surface area (TPSA) is 66.9 Å². The first-order valence-corrected chi connectivity index (χ1v) is 12.1. The summed E-state index contributed by atoms with van der Waals surface area (Å²) in [5, 5.41) is 0. The van der Waals surface area contributed by atoms with Crippen molar-refractivity contribution in [3.8, 4) is 5.75 Å². The molecule has 0 radical (unpaired) electrons. The fraction of sp³-hybridized carbons (Fsp3) is 0.240. The van der Waals surface area contributed by atoms with Crippen LogP contribution in [0, 0.1) is 0 Å². The number of benzene rings is 3. The third kappa shape index (κ3) is 3.52. The highest BCUT2D eigenvalue weighted by Gasteiger charge is 2.32. The normalized spacial score (nSPS) is 17.2. The van der Waals surface area contributed by atoms with Gasteiger partial charge in [-0.15, -0.1) is 0 Å². The van der Waals surface area contributed by atoms with Gasteiger partial charge in [0.05, 0.1) is 10.6 Å². The fourth-order valence-corrected chi connectivity index (χ4v) is 6.06. The van der Waals surface area contributed by atoms with Crippen molar-refractivity contribution in [1.82, 2.24) is 0 Å². The zero-order valence-electron chi connectivity index (χ0n) is 17.8. The van der Waals surface area contributed by atoms with Crippen molar-refractivity contribution >= 4 is 27.3 Å². The van der Waals surface area contributed by atoms with E-state index in [-0.39, 0.29) is 23.5 Å². The standard InChI is InChI=1S/C25H24N2O4S/c1-18-16-20-7-3-5-9-24(20)27(18)25(28)17-31-21-10-12-22(13-11-21)32(29,30)26-15-14-19-6-2-4-8-23(19)26/h2-13,18H,14-17H2,1H3/t18-/m0/s1. The predicted octanol–water partition coefficient (Wildman–Crippen LogP) is 3.79. The number of nitrogens with zero attached hydrogens (tertiary/aromatic N) is 2. The zero-order chi connectivity index (χ0) is 22.3. The Morgan fingerprint density at radius 1 is 0.938 bits per heavy atom. The molecule has 5 rings (SSSR count). The Labute approximate surface area is 188 Å². The number of hydrogen-bond donors (Lipinski definition) is 0. The van der Waals surface area contributed by atoms with Crippen molar-refractivity contribution in [1.29, 1.82) is 0 Å². The molecule has 2 aliphatic rings. The van der Waals surface area contributed by atoms with Gasteiger partial charge in [0.1, 0.15) is 5.75 Å². The van der Waals surface area contributed by atoms with Crippen LogP contribution in [0.4, 0.5) is 11.4 Å². The van der Waals surface area contributed by atoms with E-state index in [0.29, 0.717) is 18.7 Å². The maximum Gasteiger partial charge on any atom is 0.265 e. The highest BCUT2D eigenvalue weighted by atomic mass is 32.2. The average Bonchev–Trinajstić information content (AvgIpc) is 3.38. The van der Waals surface area contributed by atoms with Crippen molar-refractivity contribution in [3.05, 3.63) is 83.9 Å². The number of sulfonamides is 1. The van der Waals surface area contributed by atoms with Crippen LogP contribution < -0.4 is 13.9 Å². The molecule has 7 heteroatoms. The van der Waals surface area contributed by atoms with Gasteiger partial charge >= 0.3 is 0 Å². The van der Waals surface area contributed by atoms with Crippen LogP contribution in [0.1, 0.15) is 18.1 Å². The van der Waals surface area contributed by atoms with E-state index in [2.05, 4.69) is 0 Å². The van der Waals surface area contributed by atoms with Gasteiger partial charge < -0.3 is 9.64 Å². The minimum Gasteiger partial charge on any atom is -0.484 e. The Balaban J connectivity index is 1.27. The monoisotopic (exact) mass is 448 g/mol. The quantitative estimate of drug-likeness (QED) is 0.596. The van der Waals surface area contributed by atoms with Crippen LogP contribution in [-0.4, -0.2) is 33.5 Å². The summed E-state index contributed by atoms with van der Waals surface area (Å²) in [6.07, 6.45) is 1.53. The molecule has 6 nitrogen and oxygen atoms in total. The third-order valence-electron chi connectivity index (χ3n) is 6.09. The van der Waals surface area contributed by atoms with E-state index >= 15 is 0 Å². The number of fused-ring (bicyclic) bond motifs is 2. The second kappa shape index (κ2) is 7.98. The smallest absolute Gasteiger partial charge is 0.265 e. The van der Waals surface area contributed by atoms with Crippen molar-refractivity contribution < 1.29 is 17.9 Å². The summed E-state index contributed by atoms with van der Waals surface area (Å²) in [6, 6.07) is 21.8. The molecule has 0 aromatic heterocycles. The maximum atomic E-state index is 13.1. The number of rotatable bonds is 5. The Kier molecular flexibility index (Phi) is 5.13. The Bertz CT molecular complexity index is 1270. The molecule has 0 bridgehead atoms. The molecule has 3 aromatic rings. The molecule has 2 aliphatic heterocycles. The third-order valence-corrected chi connectivity index (χ3v) is 7.92. The molecule has 0 unspecified atom stereocenters. The van der Waals surface area contributed by atoms with Crippen LogP contribution in [0.3, 0.4) is 0 Å². The van der Waals surface area contributed by atoms with E-state index in [0.717, 1.165) is 28.9 Å². The highest BCUT2D eigenvalue weighted by Crippen LogP contribution is 2.34. The Hall–Kier alpha value is -3.32. The lowest BCUT2D eigenvalue weighted by molar-refractivity contribution is -0.120. The number of amides is 1. The second-order valence-electron chi connectivity index (χ2n) is 8.16. The molecule has 0 spiro atoms. The minimum atomic E-state index is -3.65. The summed E-state index contributed by atoms with van der Waals surface area (Å²) in [5.74, 6) is 0.340. The van der Waals surface area contributed by atoms with E-state index in [4.69, 9.17) is 4.74 Å². The Morgan fingerprint density at radius 2 is 1.59 bits per heavy atom. The summed E-state index contributed by atoms with van der Waals surface area (Å²) in [7, 11) is -3.65. The first-order valence-electron chi connectivity index (χ1n) is 10.7. The van der Waals surface area contributed by atoms with E-state index in [1.165, 1.54) is 16.4 Å². The van der Waals surface area contributed by atoms with Gasteiger partial charge in [-0.25, -0.2) is 8.42 Å². The second-order valence-corrected chi connectivity index (χ2v) is 10.0. The van der Waals surface area contributed by atoms with E-state index in [9.17, 15) is 13.2 Å². The lowest BCUT2D eigenvalue weighted by atomic mass is 10.1. The summed E-state index contributed by atoms with van der Waals surface area (Å²) in [5.41, 5.74) is 3.86. The molecule has 1 atom stereocenters. The molecule has 2 heterocycles. The van der Waals surface area contributed by atoms with Gasteiger partial charge in [0, 0.05) is 18.3 Å². The SMILES string of the molecule is C[C@H]1Cc2ccccc2N1C(=O)COc1ccc(S(=O)(=O)N2CCc3ccccc32)cc1. The number of ether oxygens (including phenoxy) is 1. The van der Waals surface area contributed by atoms with Crippen molar-refractivity contribution in [2.24, 2.45) is 0 Å². The van der Waals surface area contributed by atoms with E-state index < -0.39 is 10.0 Å². The molecule has 32 heavy (non-hydrogen) atoms. The Morgan fingerprint density at radius 3 is 2.34 bits per heavy atom. The fourth-order valence-electron chi connectivity index (χ4n) is 4.55. The van der Waals surface area contributed by atoms with Gasteiger partial charge in [-0.05, 0) is 67.3 Å². The molecule has 164 valence electrons. The number of carbonyl (C=O) groups excluding carboxylic acids is 1.